The minimum Gasteiger partial charge on any atom is -0.310 e. The molecule has 2 nitrogen and oxygen atoms in total. The normalized spacial score (nSPS) is 9.07. The van der Waals surface area contributed by atoms with E-state index >= 15 is 0 Å². The first kappa shape index (κ1) is 14.1. The molecule has 3 heteroatoms. The first-order chi connectivity index (χ1) is 7.06. The molecule has 0 heterocycles. The van der Waals surface area contributed by atoms with E-state index in [1.165, 1.54) is 5.56 Å². The fraction of sp³-hybridized carbons (Fsp3) is 0.417. The molecular weight excluding hydrogens is 210 g/mol. The molecule has 0 bridgehead atoms. The van der Waals surface area contributed by atoms with Crippen LogP contribution in [-0.4, -0.2) is 18.9 Å². The van der Waals surface area contributed by atoms with Crippen molar-refractivity contribution < 1.29 is 4.79 Å². The Morgan fingerprint density at radius 2 is 1.87 bits per heavy atom. The SMILES string of the molecule is CCNCC(C)=O.Cc1ccc(Cl)cc1. The maximum Gasteiger partial charge on any atom is 0.143 e. The molecule has 0 atom stereocenters. The maximum atomic E-state index is 10.1. The van der Waals surface area contributed by atoms with E-state index in [2.05, 4.69) is 5.32 Å². The number of Topliss-reactive ketones (excluding diaryl/α,β-unsaturated/α-hetero) is 1. The zero-order chi connectivity index (χ0) is 11.7. The van der Waals surface area contributed by atoms with Crippen LogP contribution in [0.2, 0.25) is 5.02 Å². The lowest BCUT2D eigenvalue weighted by atomic mass is 10.2. The Kier molecular flexibility index (Phi) is 7.96. The number of ketones is 1. The Morgan fingerprint density at radius 3 is 2.13 bits per heavy atom. The molecule has 0 aliphatic carbocycles. The third-order valence-corrected chi connectivity index (χ3v) is 1.89. The molecule has 1 aromatic carbocycles. The highest BCUT2D eigenvalue weighted by molar-refractivity contribution is 6.30. The molecule has 15 heavy (non-hydrogen) atoms. The van der Waals surface area contributed by atoms with Crippen LogP contribution in [0.25, 0.3) is 0 Å². The van der Waals surface area contributed by atoms with Gasteiger partial charge in [-0.25, -0.2) is 0 Å². The van der Waals surface area contributed by atoms with Crippen LogP contribution in [0, 0.1) is 6.92 Å². The van der Waals surface area contributed by atoms with Gasteiger partial charge in [0.2, 0.25) is 0 Å². The Bertz CT molecular complexity index is 261. The van der Waals surface area contributed by atoms with Gasteiger partial charge >= 0.3 is 0 Å². The second-order valence-corrected chi connectivity index (χ2v) is 3.71. The molecule has 0 unspecified atom stereocenters. The number of halogens is 1. The standard InChI is InChI=1S/C7H7Cl.C5H11NO/c1-6-2-4-7(8)5-3-6;1-3-6-4-5(2)7/h2-5H,1H3;6H,3-4H2,1-2H3. The summed E-state index contributed by atoms with van der Waals surface area (Å²) in [7, 11) is 0. The highest BCUT2D eigenvalue weighted by Gasteiger charge is 1.85. The van der Waals surface area contributed by atoms with E-state index in [1.54, 1.807) is 6.92 Å². The summed E-state index contributed by atoms with van der Waals surface area (Å²) in [6.45, 7) is 6.97. The minimum atomic E-state index is 0.196. The quantitative estimate of drug-likeness (QED) is 0.861. The number of benzene rings is 1. The number of likely N-dealkylation sites (N-methyl/N-ethyl adjacent to an activating group) is 1. The lowest BCUT2D eigenvalue weighted by Gasteiger charge is -1.91. The van der Waals surface area contributed by atoms with Crippen molar-refractivity contribution in [1.29, 1.82) is 0 Å². The van der Waals surface area contributed by atoms with Gasteiger partial charge in [0.15, 0.2) is 0 Å². The molecule has 0 saturated carbocycles. The molecule has 1 N–H and O–H groups in total. The van der Waals surface area contributed by atoms with Gasteiger partial charge in [0, 0.05) is 5.02 Å². The van der Waals surface area contributed by atoms with Crippen molar-refractivity contribution >= 4 is 17.4 Å². The van der Waals surface area contributed by atoms with Crippen molar-refractivity contribution in [2.75, 3.05) is 13.1 Å². The van der Waals surface area contributed by atoms with Gasteiger partial charge < -0.3 is 5.32 Å². The smallest absolute Gasteiger partial charge is 0.143 e. The molecule has 1 rings (SSSR count). The van der Waals surface area contributed by atoms with Crippen molar-refractivity contribution in [3.8, 4) is 0 Å². The zero-order valence-electron chi connectivity index (χ0n) is 9.51. The van der Waals surface area contributed by atoms with E-state index in [0.29, 0.717) is 6.54 Å². The Morgan fingerprint density at radius 1 is 1.33 bits per heavy atom. The van der Waals surface area contributed by atoms with Crippen LogP contribution >= 0.6 is 11.6 Å². The molecule has 0 aliphatic heterocycles. The summed E-state index contributed by atoms with van der Waals surface area (Å²) in [5, 5.41) is 3.70. The number of carbonyl (C=O) groups is 1. The van der Waals surface area contributed by atoms with Crippen molar-refractivity contribution in [1.82, 2.24) is 5.32 Å². The van der Waals surface area contributed by atoms with Crippen molar-refractivity contribution in [3.05, 3.63) is 34.9 Å². The number of hydrogen-bond acceptors (Lipinski definition) is 2. The van der Waals surface area contributed by atoms with Gasteiger partial charge in [-0.05, 0) is 32.5 Å². The fourth-order valence-electron chi connectivity index (χ4n) is 0.834. The summed E-state index contributed by atoms with van der Waals surface area (Å²) in [6.07, 6.45) is 0. The van der Waals surface area contributed by atoms with E-state index < -0.39 is 0 Å². The van der Waals surface area contributed by atoms with Gasteiger partial charge in [-0.15, -0.1) is 0 Å². The van der Waals surface area contributed by atoms with Crippen molar-refractivity contribution in [2.45, 2.75) is 20.8 Å². The average Bonchev–Trinajstić information content (AvgIpc) is 2.20. The zero-order valence-corrected chi connectivity index (χ0v) is 10.3. The molecule has 0 saturated heterocycles. The maximum absolute atomic E-state index is 10.1. The Balaban J connectivity index is 0.000000265. The molecule has 0 aromatic heterocycles. The van der Waals surface area contributed by atoms with Crippen molar-refractivity contribution in [3.63, 3.8) is 0 Å². The summed E-state index contributed by atoms with van der Waals surface area (Å²) >= 11 is 5.61. The van der Waals surface area contributed by atoms with Gasteiger partial charge in [-0.2, -0.15) is 0 Å². The molecule has 0 aliphatic rings. The number of carbonyl (C=O) groups excluding carboxylic acids is 1. The van der Waals surface area contributed by atoms with Crippen LogP contribution in [-0.2, 0) is 4.79 Å². The van der Waals surface area contributed by atoms with Crippen LogP contribution in [0.15, 0.2) is 24.3 Å². The lowest BCUT2D eigenvalue weighted by molar-refractivity contribution is -0.116. The van der Waals surface area contributed by atoms with Crippen LogP contribution in [0.4, 0.5) is 0 Å². The van der Waals surface area contributed by atoms with Gasteiger partial charge in [-0.1, -0.05) is 36.2 Å². The predicted molar refractivity (Wildman–Crippen MR) is 65.4 cm³/mol. The number of hydrogen-bond donors (Lipinski definition) is 1. The summed E-state index contributed by atoms with van der Waals surface area (Å²) in [5.41, 5.74) is 1.24. The average molecular weight is 228 g/mol. The third-order valence-electron chi connectivity index (χ3n) is 1.63. The van der Waals surface area contributed by atoms with Crippen LogP contribution in [0.5, 0.6) is 0 Å². The molecule has 0 fully saturated rings. The highest BCUT2D eigenvalue weighted by Crippen LogP contribution is 2.07. The largest absolute Gasteiger partial charge is 0.310 e. The van der Waals surface area contributed by atoms with E-state index in [9.17, 15) is 4.79 Å². The van der Waals surface area contributed by atoms with Gasteiger partial charge in [-0.3, -0.25) is 4.79 Å². The van der Waals surface area contributed by atoms with Crippen LogP contribution in [0.1, 0.15) is 19.4 Å². The Labute approximate surface area is 96.6 Å². The second kappa shape index (κ2) is 8.45. The second-order valence-electron chi connectivity index (χ2n) is 3.28. The lowest BCUT2D eigenvalue weighted by Crippen LogP contribution is -2.19. The summed E-state index contributed by atoms with van der Waals surface area (Å²) in [5.74, 6) is 0.196. The summed E-state index contributed by atoms with van der Waals surface area (Å²) in [6, 6.07) is 7.75. The molecule has 0 spiro atoms. The summed E-state index contributed by atoms with van der Waals surface area (Å²) < 4.78 is 0. The highest BCUT2D eigenvalue weighted by atomic mass is 35.5. The Hall–Kier alpha value is -0.860. The number of aryl methyl sites for hydroxylation is 1. The molecule has 84 valence electrons. The third kappa shape index (κ3) is 9.44. The van der Waals surface area contributed by atoms with E-state index in [0.717, 1.165) is 11.6 Å². The topological polar surface area (TPSA) is 29.1 Å². The van der Waals surface area contributed by atoms with Crippen LogP contribution < -0.4 is 5.32 Å². The van der Waals surface area contributed by atoms with Crippen LogP contribution in [0.3, 0.4) is 0 Å². The first-order valence-corrected chi connectivity index (χ1v) is 5.36. The molecule has 1 aromatic rings. The first-order valence-electron chi connectivity index (χ1n) is 4.98. The van der Waals surface area contributed by atoms with E-state index in [4.69, 9.17) is 11.6 Å². The van der Waals surface area contributed by atoms with Crippen molar-refractivity contribution in [2.24, 2.45) is 0 Å². The van der Waals surface area contributed by atoms with Gasteiger partial charge in [0.25, 0.3) is 0 Å². The fourth-order valence-corrected chi connectivity index (χ4v) is 0.960. The van der Waals surface area contributed by atoms with E-state index in [-0.39, 0.29) is 5.78 Å². The van der Waals surface area contributed by atoms with Gasteiger partial charge in [0.1, 0.15) is 5.78 Å². The van der Waals surface area contributed by atoms with E-state index in [1.807, 2.05) is 38.1 Å². The number of rotatable bonds is 3. The van der Waals surface area contributed by atoms with Gasteiger partial charge in [0.05, 0.1) is 6.54 Å². The predicted octanol–water partition coefficient (Wildman–Crippen LogP) is 2.83. The monoisotopic (exact) mass is 227 g/mol. The minimum absolute atomic E-state index is 0.196. The molecule has 0 amide bonds. The summed E-state index contributed by atoms with van der Waals surface area (Å²) in [4.78, 5) is 10.1. The number of nitrogens with one attached hydrogen (secondary N) is 1. The molecular formula is C12H18ClNO. The molecule has 0 radical (unpaired) electrons.